The van der Waals surface area contributed by atoms with E-state index in [-0.39, 0.29) is 0 Å². The van der Waals surface area contributed by atoms with Gasteiger partial charge in [0.25, 0.3) is 0 Å². The molecular formula is C18H26N4O2. The fraction of sp³-hybridized carbons (Fsp3) is 0.500. The van der Waals surface area contributed by atoms with Gasteiger partial charge in [-0.05, 0) is 18.2 Å². The molecule has 0 unspecified atom stereocenters. The van der Waals surface area contributed by atoms with Crippen molar-refractivity contribution in [1.29, 1.82) is 0 Å². The van der Waals surface area contributed by atoms with Crippen LogP contribution in [-0.4, -0.2) is 59.7 Å². The third-order valence-corrected chi connectivity index (χ3v) is 4.63. The van der Waals surface area contributed by atoms with Gasteiger partial charge in [-0.3, -0.25) is 9.80 Å². The Labute approximate surface area is 143 Å². The van der Waals surface area contributed by atoms with Crippen LogP contribution in [0.15, 0.2) is 30.6 Å². The van der Waals surface area contributed by atoms with E-state index in [9.17, 15) is 0 Å². The monoisotopic (exact) mass is 330 g/mol. The number of nitrogens with zero attached hydrogens (tertiary/aromatic N) is 4. The Balaban J connectivity index is 1.56. The topological polar surface area (TPSA) is 42.8 Å². The van der Waals surface area contributed by atoms with E-state index in [2.05, 4.69) is 25.4 Å². The molecule has 1 aliphatic heterocycles. The highest BCUT2D eigenvalue weighted by Gasteiger charge is 2.19. The molecule has 0 radical (unpaired) electrons. The maximum absolute atomic E-state index is 5.49. The molecule has 0 spiro atoms. The summed E-state index contributed by atoms with van der Waals surface area (Å²) in [6.45, 7) is 6.00. The SMILES string of the molecule is COc1ccc(OC)c(CN2CCN(Cc3nccn3C)CC2)c1. The number of benzene rings is 1. The van der Waals surface area contributed by atoms with Crippen molar-refractivity contribution in [3.05, 3.63) is 42.0 Å². The third kappa shape index (κ3) is 3.88. The fourth-order valence-corrected chi connectivity index (χ4v) is 3.10. The zero-order valence-electron chi connectivity index (χ0n) is 14.7. The number of rotatable bonds is 6. The Morgan fingerprint density at radius 1 is 1.00 bits per heavy atom. The smallest absolute Gasteiger partial charge is 0.123 e. The van der Waals surface area contributed by atoms with Gasteiger partial charge in [0.2, 0.25) is 0 Å². The predicted octanol–water partition coefficient (Wildman–Crippen LogP) is 1.76. The van der Waals surface area contributed by atoms with Crippen LogP contribution in [-0.2, 0) is 20.1 Å². The zero-order chi connectivity index (χ0) is 16.9. The second kappa shape index (κ2) is 7.68. The van der Waals surface area contributed by atoms with Crippen LogP contribution in [0.25, 0.3) is 0 Å². The molecule has 1 aliphatic rings. The van der Waals surface area contributed by atoms with Crippen LogP contribution in [0.4, 0.5) is 0 Å². The molecule has 24 heavy (non-hydrogen) atoms. The first kappa shape index (κ1) is 16.8. The molecule has 1 aromatic carbocycles. The highest BCUT2D eigenvalue weighted by Crippen LogP contribution is 2.25. The summed E-state index contributed by atoms with van der Waals surface area (Å²) in [5.41, 5.74) is 1.18. The van der Waals surface area contributed by atoms with Gasteiger partial charge in [-0.25, -0.2) is 4.98 Å². The molecule has 0 atom stereocenters. The number of methoxy groups -OCH3 is 2. The average Bonchev–Trinajstić information content (AvgIpc) is 3.01. The normalized spacial score (nSPS) is 16.3. The van der Waals surface area contributed by atoms with E-state index in [4.69, 9.17) is 9.47 Å². The second-order valence-electron chi connectivity index (χ2n) is 6.18. The molecule has 0 bridgehead atoms. The van der Waals surface area contributed by atoms with E-state index in [1.807, 2.05) is 31.6 Å². The highest BCUT2D eigenvalue weighted by atomic mass is 16.5. The lowest BCUT2D eigenvalue weighted by Crippen LogP contribution is -2.45. The molecule has 130 valence electrons. The molecule has 6 heteroatoms. The average molecular weight is 330 g/mol. The quantitative estimate of drug-likeness (QED) is 0.807. The van der Waals surface area contributed by atoms with Crippen LogP contribution >= 0.6 is 0 Å². The van der Waals surface area contributed by atoms with Crippen molar-refractivity contribution >= 4 is 0 Å². The Morgan fingerprint density at radius 3 is 2.29 bits per heavy atom. The zero-order valence-corrected chi connectivity index (χ0v) is 14.7. The lowest BCUT2D eigenvalue weighted by molar-refractivity contribution is 0.118. The fourth-order valence-electron chi connectivity index (χ4n) is 3.10. The lowest BCUT2D eigenvalue weighted by Gasteiger charge is -2.34. The molecule has 2 aromatic rings. The molecule has 0 N–H and O–H groups in total. The van der Waals surface area contributed by atoms with Gasteiger partial charge < -0.3 is 14.0 Å². The van der Waals surface area contributed by atoms with E-state index >= 15 is 0 Å². The van der Waals surface area contributed by atoms with Gasteiger partial charge in [0.05, 0.1) is 20.8 Å². The Bertz CT molecular complexity index is 663. The standard InChI is InChI=1S/C18H26N4O2/c1-20-7-6-19-18(20)14-22-10-8-21(9-11-22)13-15-12-16(23-2)4-5-17(15)24-3/h4-7,12H,8-11,13-14H2,1-3H3. The first-order valence-corrected chi connectivity index (χ1v) is 8.31. The molecule has 2 heterocycles. The first-order valence-electron chi connectivity index (χ1n) is 8.31. The van der Waals surface area contributed by atoms with Crippen LogP contribution in [0.3, 0.4) is 0 Å². The van der Waals surface area contributed by atoms with Crippen molar-refractivity contribution in [2.75, 3.05) is 40.4 Å². The van der Waals surface area contributed by atoms with Crippen molar-refractivity contribution in [1.82, 2.24) is 19.4 Å². The van der Waals surface area contributed by atoms with Crippen molar-refractivity contribution < 1.29 is 9.47 Å². The molecule has 1 aromatic heterocycles. The summed E-state index contributed by atoms with van der Waals surface area (Å²) in [5.74, 6) is 2.92. The van der Waals surface area contributed by atoms with Crippen molar-refractivity contribution in [3.8, 4) is 11.5 Å². The van der Waals surface area contributed by atoms with E-state index < -0.39 is 0 Å². The highest BCUT2D eigenvalue weighted by molar-refractivity contribution is 5.40. The maximum atomic E-state index is 5.49. The number of ether oxygens (including phenoxy) is 2. The second-order valence-corrected chi connectivity index (χ2v) is 6.18. The minimum absolute atomic E-state index is 0.874. The summed E-state index contributed by atoms with van der Waals surface area (Å²) in [4.78, 5) is 9.34. The Morgan fingerprint density at radius 2 is 1.71 bits per heavy atom. The van der Waals surface area contributed by atoms with Crippen LogP contribution in [0.2, 0.25) is 0 Å². The summed E-state index contributed by atoms with van der Waals surface area (Å²) in [5, 5.41) is 0. The van der Waals surface area contributed by atoms with Gasteiger partial charge >= 0.3 is 0 Å². The molecular weight excluding hydrogens is 304 g/mol. The number of aryl methyl sites for hydroxylation is 1. The first-order chi connectivity index (χ1) is 11.7. The van der Waals surface area contributed by atoms with Crippen LogP contribution in [0.5, 0.6) is 11.5 Å². The molecule has 6 nitrogen and oxygen atoms in total. The van der Waals surface area contributed by atoms with Crippen LogP contribution in [0, 0.1) is 0 Å². The number of hydrogen-bond acceptors (Lipinski definition) is 5. The number of aromatic nitrogens is 2. The van der Waals surface area contributed by atoms with Crippen molar-refractivity contribution in [3.63, 3.8) is 0 Å². The van der Waals surface area contributed by atoms with Crippen LogP contribution in [0.1, 0.15) is 11.4 Å². The molecule has 1 fully saturated rings. The van der Waals surface area contributed by atoms with Gasteiger partial charge in [-0.2, -0.15) is 0 Å². The van der Waals surface area contributed by atoms with Crippen molar-refractivity contribution in [2.45, 2.75) is 13.1 Å². The van der Waals surface area contributed by atoms with E-state index in [0.29, 0.717) is 0 Å². The van der Waals surface area contributed by atoms with Gasteiger partial charge in [0, 0.05) is 57.7 Å². The van der Waals surface area contributed by atoms with Gasteiger partial charge in [-0.15, -0.1) is 0 Å². The number of imidazole rings is 1. The van der Waals surface area contributed by atoms with E-state index in [1.54, 1.807) is 14.2 Å². The summed E-state index contributed by atoms with van der Waals surface area (Å²) in [7, 11) is 5.46. The maximum Gasteiger partial charge on any atom is 0.123 e. The summed E-state index contributed by atoms with van der Waals surface area (Å²) in [6, 6.07) is 5.98. The lowest BCUT2D eigenvalue weighted by atomic mass is 10.1. The summed E-state index contributed by atoms with van der Waals surface area (Å²) >= 11 is 0. The Hall–Kier alpha value is -2.05. The third-order valence-electron chi connectivity index (χ3n) is 4.63. The molecule has 0 saturated carbocycles. The van der Waals surface area contributed by atoms with E-state index in [0.717, 1.165) is 56.6 Å². The minimum atomic E-state index is 0.874. The molecule has 0 amide bonds. The van der Waals surface area contributed by atoms with Gasteiger partial charge in [-0.1, -0.05) is 0 Å². The Kier molecular flexibility index (Phi) is 5.37. The van der Waals surface area contributed by atoms with Gasteiger partial charge in [0.15, 0.2) is 0 Å². The molecule has 0 aliphatic carbocycles. The van der Waals surface area contributed by atoms with E-state index in [1.165, 1.54) is 5.56 Å². The molecule has 1 saturated heterocycles. The summed E-state index contributed by atoms with van der Waals surface area (Å²) < 4.78 is 12.9. The van der Waals surface area contributed by atoms with Gasteiger partial charge in [0.1, 0.15) is 17.3 Å². The largest absolute Gasteiger partial charge is 0.497 e. The predicted molar refractivity (Wildman–Crippen MR) is 93.3 cm³/mol. The minimum Gasteiger partial charge on any atom is -0.497 e. The number of piperazine rings is 1. The number of hydrogen-bond donors (Lipinski definition) is 0. The van der Waals surface area contributed by atoms with Crippen LogP contribution < -0.4 is 9.47 Å². The van der Waals surface area contributed by atoms with Crippen molar-refractivity contribution in [2.24, 2.45) is 7.05 Å². The molecule has 3 rings (SSSR count). The summed E-state index contributed by atoms with van der Waals surface area (Å²) in [6.07, 6.45) is 3.86.